The van der Waals surface area contributed by atoms with Crippen LogP contribution in [0.1, 0.15) is 27.6 Å². The number of H-pyrrole nitrogens is 1. The Balaban J connectivity index is 1.39. The number of methoxy groups -OCH3 is 1. The molecule has 152 valence electrons. The highest BCUT2D eigenvalue weighted by atomic mass is 16.5. The summed E-state index contributed by atoms with van der Waals surface area (Å²) in [5.74, 6) is 1.73. The summed E-state index contributed by atoms with van der Waals surface area (Å²) in [6.45, 7) is 4.20. The SMILES string of the molecule is COc1ccc(-c2n[nH]c(CNC(=O)c3ccc(-n4nc(C)cc4C)cc3)n2)cc1. The van der Waals surface area contributed by atoms with Crippen molar-refractivity contribution in [1.29, 1.82) is 0 Å². The fourth-order valence-corrected chi connectivity index (χ4v) is 3.15. The minimum absolute atomic E-state index is 0.183. The van der Waals surface area contributed by atoms with Crippen molar-refractivity contribution in [2.75, 3.05) is 7.11 Å². The largest absolute Gasteiger partial charge is 0.497 e. The highest BCUT2D eigenvalue weighted by Crippen LogP contribution is 2.19. The Morgan fingerprint density at radius 2 is 1.83 bits per heavy atom. The molecule has 0 aliphatic heterocycles. The van der Waals surface area contributed by atoms with Gasteiger partial charge in [-0.2, -0.15) is 10.2 Å². The van der Waals surface area contributed by atoms with E-state index in [2.05, 4.69) is 25.6 Å². The molecule has 0 aliphatic carbocycles. The molecule has 0 fully saturated rings. The molecule has 0 radical (unpaired) electrons. The monoisotopic (exact) mass is 402 g/mol. The molecule has 0 saturated heterocycles. The number of nitrogens with one attached hydrogen (secondary N) is 2. The van der Waals surface area contributed by atoms with Crippen molar-refractivity contribution in [3.63, 3.8) is 0 Å². The average molecular weight is 402 g/mol. The zero-order valence-corrected chi connectivity index (χ0v) is 17.0. The molecule has 0 atom stereocenters. The topological polar surface area (TPSA) is 97.7 Å². The Morgan fingerprint density at radius 1 is 1.10 bits per heavy atom. The number of rotatable bonds is 6. The maximum atomic E-state index is 12.5. The van der Waals surface area contributed by atoms with Crippen molar-refractivity contribution < 1.29 is 9.53 Å². The highest BCUT2D eigenvalue weighted by Gasteiger charge is 2.10. The van der Waals surface area contributed by atoms with Crippen molar-refractivity contribution in [1.82, 2.24) is 30.3 Å². The molecule has 1 amide bonds. The van der Waals surface area contributed by atoms with E-state index in [0.29, 0.717) is 17.2 Å². The van der Waals surface area contributed by atoms with Gasteiger partial charge in [-0.25, -0.2) is 9.67 Å². The van der Waals surface area contributed by atoms with Crippen LogP contribution in [-0.2, 0) is 6.54 Å². The lowest BCUT2D eigenvalue weighted by atomic mass is 10.2. The van der Waals surface area contributed by atoms with E-state index in [-0.39, 0.29) is 12.5 Å². The van der Waals surface area contributed by atoms with Gasteiger partial charge in [0.05, 0.1) is 25.0 Å². The van der Waals surface area contributed by atoms with Crippen molar-refractivity contribution in [2.45, 2.75) is 20.4 Å². The molecule has 0 bridgehead atoms. The number of hydrogen-bond donors (Lipinski definition) is 2. The Kier molecular flexibility index (Phi) is 5.30. The summed E-state index contributed by atoms with van der Waals surface area (Å²) in [7, 11) is 1.62. The van der Waals surface area contributed by atoms with Crippen molar-refractivity contribution in [2.24, 2.45) is 0 Å². The summed E-state index contributed by atoms with van der Waals surface area (Å²) < 4.78 is 7.01. The van der Waals surface area contributed by atoms with E-state index < -0.39 is 0 Å². The van der Waals surface area contributed by atoms with Crippen LogP contribution in [-0.4, -0.2) is 38.0 Å². The first-order chi connectivity index (χ1) is 14.5. The first-order valence-electron chi connectivity index (χ1n) is 9.51. The Morgan fingerprint density at radius 3 is 2.47 bits per heavy atom. The van der Waals surface area contributed by atoms with Crippen LogP contribution in [0.3, 0.4) is 0 Å². The third kappa shape index (κ3) is 4.07. The first-order valence-corrected chi connectivity index (χ1v) is 9.51. The maximum Gasteiger partial charge on any atom is 0.251 e. The van der Waals surface area contributed by atoms with Crippen molar-refractivity contribution in [3.8, 4) is 22.8 Å². The lowest BCUT2D eigenvalue weighted by Crippen LogP contribution is -2.23. The van der Waals surface area contributed by atoms with Crippen LogP contribution in [0.4, 0.5) is 0 Å². The molecule has 2 aromatic carbocycles. The molecular weight excluding hydrogens is 380 g/mol. The summed E-state index contributed by atoms with van der Waals surface area (Å²) in [6, 6.07) is 16.8. The quantitative estimate of drug-likeness (QED) is 0.516. The van der Waals surface area contributed by atoms with Gasteiger partial charge in [-0.1, -0.05) is 0 Å². The number of aromatic nitrogens is 5. The van der Waals surface area contributed by atoms with E-state index >= 15 is 0 Å². The fourth-order valence-electron chi connectivity index (χ4n) is 3.15. The second-order valence-corrected chi connectivity index (χ2v) is 6.90. The van der Waals surface area contributed by atoms with E-state index in [1.165, 1.54) is 0 Å². The highest BCUT2D eigenvalue weighted by molar-refractivity contribution is 5.94. The Labute approximate surface area is 173 Å². The number of aryl methyl sites for hydroxylation is 2. The van der Waals surface area contributed by atoms with Crippen LogP contribution in [0.25, 0.3) is 17.1 Å². The molecule has 0 unspecified atom stereocenters. The molecular formula is C22H22N6O2. The van der Waals surface area contributed by atoms with Gasteiger partial charge in [0.25, 0.3) is 5.91 Å². The van der Waals surface area contributed by atoms with Gasteiger partial charge < -0.3 is 10.1 Å². The van der Waals surface area contributed by atoms with Crippen LogP contribution in [0.2, 0.25) is 0 Å². The van der Waals surface area contributed by atoms with Crippen LogP contribution >= 0.6 is 0 Å². The summed E-state index contributed by atoms with van der Waals surface area (Å²) >= 11 is 0. The number of nitrogens with zero attached hydrogens (tertiary/aromatic N) is 4. The predicted molar refractivity (Wildman–Crippen MR) is 113 cm³/mol. The summed E-state index contributed by atoms with van der Waals surface area (Å²) in [6.07, 6.45) is 0. The van der Waals surface area contributed by atoms with Gasteiger partial charge in [-0.15, -0.1) is 0 Å². The number of carbonyl (C=O) groups is 1. The third-order valence-electron chi connectivity index (χ3n) is 4.68. The summed E-state index contributed by atoms with van der Waals surface area (Å²) in [5, 5.41) is 14.4. The van der Waals surface area contributed by atoms with Crippen LogP contribution in [0, 0.1) is 13.8 Å². The standard InChI is InChI=1S/C22H22N6O2/c1-14-12-15(2)28(27-14)18-8-4-17(5-9-18)22(29)23-13-20-24-21(26-25-20)16-6-10-19(30-3)11-7-16/h4-12H,13H2,1-3H3,(H,23,29)(H,24,25,26). The van der Waals surface area contributed by atoms with Gasteiger partial charge in [0, 0.05) is 16.8 Å². The molecule has 2 heterocycles. The second-order valence-electron chi connectivity index (χ2n) is 6.90. The van der Waals surface area contributed by atoms with Crippen LogP contribution < -0.4 is 10.1 Å². The van der Waals surface area contributed by atoms with Crippen LogP contribution in [0.15, 0.2) is 54.6 Å². The Hall–Kier alpha value is -3.94. The van der Waals surface area contributed by atoms with E-state index in [1.807, 2.05) is 61.0 Å². The maximum absolute atomic E-state index is 12.5. The third-order valence-corrected chi connectivity index (χ3v) is 4.68. The molecule has 8 nitrogen and oxygen atoms in total. The number of aromatic amines is 1. The fraction of sp³-hybridized carbons (Fsp3) is 0.182. The molecule has 0 spiro atoms. The number of ether oxygens (including phenoxy) is 1. The number of amides is 1. The van der Waals surface area contributed by atoms with Gasteiger partial charge in [0.1, 0.15) is 11.6 Å². The summed E-state index contributed by atoms with van der Waals surface area (Å²) in [5.41, 5.74) is 4.34. The molecule has 2 aromatic heterocycles. The zero-order valence-electron chi connectivity index (χ0n) is 17.0. The number of benzene rings is 2. The summed E-state index contributed by atoms with van der Waals surface area (Å²) in [4.78, 5) is 16.9. The van der Waals surface area contributed by atoms with Crippen molar-refractivity contribution in [3.05, 3.63) is 77.4 Å². The predicted octanol–water partition coefficient (Wildman–Crippen LogP) is 3.21. The number of carbonyl (C=O) groups excluding carboxylic acids is 1. The molecule has 4 rings (SSSR count). The average Bonchev–Trinajstić information content (AvgIpc) is 3.38. The van der Waals surface area contributed by atoms with Gasteiger partial charge >= 0.3 is 0 Å². The minimum atomic E-state index is -0.183. The van der Waals surface area contributed by atoms with E-state index in [0.717, 1.165) is 28.4 Å². The van der Waals surface area contributed by atoms with E-state index in [4.69, 9.17) is 4.74 Å². The smallest absolute Gasteiger partial charge is 0.251 e. The normalized spacial score (nSPS) is 10.8. The van der Waals surface area contributed by atoms with Gasteiger partial charge in [-0.3, -0.25) is 9.89 Å². The lowest BCUT2D eigenvalue weighted by molar-refractivity contribution is 0.0950. The first kappa shape index (κ1) is 19.4. The van der Waals surface area contributed by atoms with Gasteiger partial charge in [0.2, 0.25) is 0 Å². The molecule has 4 aromatic rings. The van der Waals surface area contributed by atoms with Gasteiger partial charge in [-0.05, 0) is 68.4 Å². The molecule has 8 heteroatoms. The number of hydrogen-bond acceptors (Lipinski definition) is 5. The molecule has 0 saturated carbocycles. The van der Waals surface area contributed by atoms with Gasteiger partial charge in [0.15, 0.2) is 5.82 Å². The zero-order chi connectivity index (χ0) is 21.1. The minimum Gasteiger partial charge on any atom is -0.497 e. The lowest BCUT2D eigenvalue weighted by Gasteiger charge is -2.06. The van der Waals surface area contributed by atoms with Crippen molar-refractivity contribution >= 4 is 5.91 Å². The van der Waals surface area contributed by atoms with E-state index in [1.54, 1.807) is 19.2 Å². The van der Waals surface area contributed by atoms with E-state index in [9.17, 15) is 4.79 Å². The molecule has 30 heavy (non-hydrogen) atoms. The second kappa shape index (κ2) is 8.20. The molecule has 2 N–H and O–H groups in total. The van der Waals surface area contributed by atoms with Crippen LogP contribution in [0.5, 0.6) is 5.75 Å². The molecule has 0 aliphatic rings. The Bertz CT molecular complexity index is 1160.